The summed E-state index contributed by atoms with van der Waals surface area (Å²) in [5.74, 6) is -0.620. The highest BCUT2D eigenvalue weighted by Gasteiger charge is 2.30. The van der Waals surface area contributed by atoms with Gasteiger partial charge in [-0.2, -0.15) is 0 Å². The number of hydrogen-bond donors (Lipinski definition) is 1. The first-order chi connectivity index (χ1) is 8.52. The van der Waals surface area contributed by atoms with Crippen LogP contribution < -0.4 is 4.90 Å². The van der Waals surface area contributed by atoms with E-state index in [4.69, 9.17) is 0 Å². The summed E-state index contributed by atoms with van der Waals surface area (Å²) in [5.41, 5.74) is 0.640. The van der Waals surface area contributed by atoms with Gasteiger partial charge in [0.15, 0.2) is 0 Å². The molecule has 1 aromatic carbocycles. The molecule has 0 radical (unpaired) electrons. The van der Waals surface area contributed by atoms with E-state index in [0.717, 1.165) is 0 Å². The Balaban J connectivity index is 2.38. The molecule has 0 aromatic heterocycles. The molecule has 1 N–H and O–H groups in total. The standard InChI is InChI=1S/C12H12BrNO4/c1-18-12(17)7-2-3-10(15)9(4-7)14-6-8(13)5-11(14)16/h2-4,8,15H,5-6H2,1H3. The fourth-order valence-corrected chi connectivity index (χ4v) is 2.45. The number of alkyl halides is 1. The van der Waals surface area contributed by atoms with Gasteiger partial charge in [0.1, 0.15) is 5.75 Å². The van der Waals surface area contributed by atoms with Crippen molar-refractivity contribution >= 4 is 33.5 Å². The Bertz CT molecular complexity index is 503. The van der Waals surface area contributed by atoms with Gasteiger partial charge in [0.25, 0.3) is 0 Å². The molecule has 6 heteroatoms. The summed E-state index contributed by atoms with van der Waals surface area (Å²) >= 11 is 3.37. The van der Waals surface area contributed by atoms with Gasteiger partial charge >= 0.3 is 5.97 Å². The van der Waals surface area contributed by atoms with E-state index in [2.05, 4.69) is 20.7 Å². The first kappa shape index (κ1) is 12.9. The van der Waals surface area contributed by atoms with E-state index in [9.17, 15) is 14.7 Å². The molecule has 0 aliphatic carbocycles. The zero-order chi connectivity index (χ0) is 13.3. The Morgan fingerprint density at radius 2 is 2.28 bits per heavy atom. The van der Waals surface area contributed by atoms with E-state index in [1.54, 1.807) is 0 Å². The second-order valence-electron chi connectivity index (χ2n) is 4.00. The Morgan fingerprint density at radius 3 is 2.83 bits per heavy atom. The lowest BCUT2D eigenvalue weighted by Gasteiger charge is -2.18. The third-order valence-corrected chi connectivity index (χ3v) is 3.38. The highest BCUT2D eigenvalue weighted by atomic mass is 79.9. The molecular formula is C12H12BrNO4. The smallest absolute Gasteiger partial charge is 0.337 e. The molecule has 1 unspecified atom stereocenters. The van der Waals surface area contributed by atoms with Gasteiger partial charge in [-0.25, -0.2) is 4.79 Å². The summed E-state index contributed by atoms with van der Waals surface area (Å²) in [6.45, 7) is 0.469. The van der Waals surface area contributed by atoms with Crippen LogP contribution in [0.2, 0.25) is 0 Å². The number of methoxy groups -OCH3 is 1. The highest BCUT2D eigenvalue weighted by Crippen LogP contribution is 2.33. The lowest BCUT2D eigenvalue weighted by molar-refractivity contribution is -0.117. The SMILES string of the molecule is COC(=O)c1ccc(O)c(N2CC(Br)CC2=O)c1. The average Bonchev–Trinajstić information content (AvgIpc) is 2.68. The first-order valence-corrected chi connectivity index (χ1v) is 6.30. The number of hydrogen-bond acceptors (Lipinski definition) is 4. The number of halogens is 1. The largest absolute Gasteiger partial charge is 0.506 e. The number of ether oxygens (including phenoxy) is 1. The number of rotatable bonds is 2. The molecule has 1 amide bonds. The van der Waals surface area contributed by atoms with Crippen LogP contribution >= 0.6 is 15.9 Å². The summed E-state index contributed by atoms with van der Waals surface area (Å²) in [4.78, 5) is 24.7. The predicted octanol–water partition coefficient (Wildman–Crippen LogP) is 1.68. The molecule has 18 heavy (non-hydrogen) atoms. The second kappa shape index (κ2) is 4.97. The Kier molecular flexibility index (Phi) is 3.56. The van der Waals surface area contributed by atoms with Gasteiger partial charge in [-0.15, -0.1) is 0 Å². The van der Waals surface area contributed by atoms with Crippen LogP contribution in [-0.4, -0.2) is 35.5 Å². The number of phenolic OH excluding ortho intramolecular Hbond substituents is 1. The summed E-state index contributed by atoms with van der Waals surface area (Å²) in [7, 11) is 1.28. The number of carbonyl (C=O) groups is 2. The molecule has 0 saturated carbocycles. The molecule has 1 aliphatic heterocycles. The molecule has 1 aliphatic rings. The van der Waals surface area contributed by atoms with Gasteiger partial charge in [0.2, 0.25) is 5.91 Å². The number of phenols is 1. The number of anilines is 1. The molecule has 2 rings (SSSR count). The molecule has 1 atom stereocenters. The Hall–Kier alpha value is -1.56. The fourth-order valence-electron chi connectivity index (χ4n) is 1.88. The molecule has 1 fully saturated rings. The van der Waals surface area contributed by atoms with Gasteiger partial charge in [0, 0.05) is 17.8 Å². The molecule has 0 bridgehead atoms. The molecule has 0 spiro atoms. The molecule has 96 valence electrons. The van der Waals surface area contributed by atoms with E-state index >= 15 is 0 Å². The summed E-state index contributed by atoms with van der Waals surface area (Å²) < 4.78 is 4.61. The summed E-state index contributed by atoms with van der Waals surface area (Å²) in [6, 6.07) is 4.30. The van der Waals surface area contributed by atoms with Crippen molar-refractivity contribution in [1.82, 2.24) is 0 Å². The number of benzene rings is 1. The van der Waals surface area contributed by atoms with Gasteiger partial charge in [-0.05, 0) is 18.2 Å². The maximum Gasteiger partial charge on any atom is 0.337 e. The maximum atomic E-state index is 11.8. The topological polar surface area (TPSA) is 66.8 Å². The molecule has 5 nitrogen and oxygen atoms in total. The number of amides is 1. The van der Waals surface area contributed by atoms with E-state index in [1.807, 2.05) is 0 Å². The molecule has 1 saturated heterocycles. The van der Waals surface area contributed by atoms with Crippen molar-refractivity contribution in [2.75, 3.05) is 18.6 Å². The van der Waals surface area contributed by atoms with E-state index in [1.165, 1.54) is 30.2 Å². The minimum Gasteiger partial charge on any atom is -0.506 e. The van der Waals surface area contributed by atoms with Gasteiger partial charge < -0.3 is 14.7 Å². The van der Waals surface area contributed by atoms with Crippen molar-refractivity contribution in [3.63, 3.8) is 0 Å². The normalized spacial score (nSPS) is 19.1. The molecule has 1 aromatic rings. The van der Waals surface area contributed by atoms with Crippen molar-refractivity contribution in [3.8, 4) is 5.75 Å². The van der Waals surface area contributed by atoms with Gasteiger partial charge in [-0.3, -0.25) is 4.79 Å². The first-order valence-electron chi connectivity index (χ1n) is 5.38. The van der Waals surface area contributed by atoms with Crippen LogP contribution in [0.15, 0.2) is 18.2 Å². The minimum absolute atomic E-state index is 0.0300. The molecule has 1 heterocycles. The number of carbonyl (C=O) groups excluding carboxylic acids is 2. The van der Waals surface area contributed by atoms with Crippen molar-refractivity contribution in [2.45, 2.75) is 11.2 Å². The van der Waals surface area contributed by atoms with Crippen LogP contribution in [-0.2, 0) is 9.53 Å². The van der Waals surface area contributed by atoms with Crippen LogP contribution in [0.1, 0.15) is 16.8 Å². The van der Waals surface area contributed by atoms with Crippen LogP contribution in [0.4, 0.5) is 5.69 Å². The van der Waals surface area contributed by atoms with Crippen molar-refractivity contribution in [2.24, 2.45) is 0 Å². The van der Waals surface area contributed by atoms with Gasteiger partial charge in [-0.1, -0.05) is 15.9 Å². The van der Waals surface area contributed by atoms with Crippen molar-refractivity contribution in [1.29, 1.82) is 0 Å². The van der Waals surface area contributed by atoms with E-state index in [0.29, 0.717) is 24.2 Å². The molecular weight excluding hydrogens is 302 g/mol. The lowest BCUT2D eigenvalue weighted by atomic mass is 10.1. The van der Waals surface area contributed by atoms with Crippen LogP contribution in [0.5, 0.6) is 5.75 Å². The maximum absolute atomic E-state index is 11.8. The number of aromatic hydroxyl groups is 1. The summed E-state index contributed by atoms with van der Waals surface area (Å²) in [6.07, 6.45) is 0.377. The third-order valence-electron chi connectivity index (χ3n) is 2.77. The zero-order valence-electron chi connectivity index (χ0n) is 9.72. The predicted molar refractivity (Wildman–Crippen MR) is 69.1 cm³/mol. The lowest BCUT2D eigenvalue weighted by Crippen LogP contribution is -2.25. The van der Waals surface area contributed by atoms with Crippen LogP contribution in [0.3, 0.4) is 0 Å². The average molecular weight is 314 g/mol. The van der Waals surface area contributed by atoms with Crippen molar-refractivity contribution < 1.29 is 19.4 Å². The minimum atomic E-state index is -0.502. The number of esters is 1. The second-order valence-corrected chi connectivity index (χ2v) is 5.30. The third kappa shape index (κ3) is 2.33. The van der Waals surface area contributed by atoms with Crippen molar-refractivity contribution in [3.05, 3.63) is 23.8 Å². The monoisotopic (exact) mass is 313 g/mol. The summed E-state index contributed by atoms with van der Waals surface area (Å²) in [5, 5.41) is 9.79. The van der Waals surface area contributed by atoms with Gasteiger partial charge in [0.05, 0.1) is 18.4 Å². The van der Waals surface area contributed by atoms with Crippen LogP contribution in [0, 0.1) is 0 Å². The number of nitrogens with zero attached hydrogens (tertiary/aromatic N) is 1. The van der Waals surface area contributed by atoms with E-state index < -0.39 is 5.97 Å². The van der Waals surface area contributed by atoms with E-state index in [-0.39, 0.29) is 16.5 Å². The van der Waals surface area contributed by atoms with Crippen LogP contribution in [0.25, 0.3) is 0 Å². The fraction of sp³-hybridized carbons (Fsp3) is 0.333. The zero-order valence-corrected chi connectivity index (χ0v) is 11.3. The highest BCUT2D eigenvalue weighted by molar-refractivity contribution is 9.09. The quantitative estimate of drug-likeness (QED) is 0.666. The Labute approximate surface area is 112 Å². The Morgan fingerprint density at radius 1 is 1.56 bits per heavy atom.